The number of rotatable bonds is 7. The zero-order chi connectivity index (χ0) is 11.8. The molecule has 0 amide bonds. The van der Waals surface area contributed by atoms with Crippen LogP contribution in [0.25, 0.3) is 0 Å². The Bertz CT molecular complexity index is 286. The van der Waals surface area contributed by atoms with Crippen molar-refractivity contribution in [2.45, 2.75) is 38.6 Å². The Morgan fingerprint density at radius 3 is 2.56 bits per heavy atom. The van der Waals surface area contributed by atoms with Crippen molar-refractivity contribution in [2.24, 2.45) is 5.73 Å². The van der Waals surface area contributed by atoms with Crippen LogP contribution in [0.4, 0.5) is 0 Å². The SMILES string of the molecule is CCCCCC(N)COc1ccc(Cl)cc1. The maximum atomic E-state index is 5.94. The highest BCUT2D eigenvalue weighted by atomic mass is 35.5. The van der Waals surface area contributed by atoms with Gasteiger partial charge in [0.15, 0.2) is 0 Å². The highest BCUT2D eigenvalue weighted by Crippen LogP contribution is 2.15. The van der Waals surface area contributed by atoms with Crippen LogP contribution in [-0.4, -0.2) is 12.6 Å². The van der Waals surface area contributed by atoms with Crippen molar-refractivity contribution < 1.29 is 4.74 Å². The van der Waals surface area contributed by atoms with Gasteiger partial charge in [-0.2, -0.15) is 0 Å². The average Bonchev–Trinajstić information content (AvgIpc) is 2.29. The van der Waals surface area contributed by atoms with Gasteiger partial charge in [-0.25, -0.2) is 0 Å². The first-order valence-corrected chi connectivity index (χ1v) is 6.24. The molecule has 1 unspecified atom stereocenters. The summed E-state index contributed by atoms with van der Waals surface area (Å²) in [5.41, 5.74) is 5.94. The maximum absolute atomic E-state index is 5.94. The molecule has 0 aliphatic rings. The minimum Gasteiger partial charge on any atom is -0.492 e. The van der Waals surface area contributed by atoms with Crippen molar-refractivity contribution in [2.75, 3.05) is 6.61 Å². The largest absolute Gasteiger partial charge is 0.492 e. The molecule has 3 heteroatoms. The van der Waals surface area contributed by atoms with Gasteiger partial charge in [0, 0.05) is 11.1 Å². The van der Waals surface area contributed by atoms with Gasteiger partial charge in [-0.1, -0.05) is 37.8 Å². The lowest BCUT2D eigenvalue weighted by atomic mass is 10.1. The number of benzene rings is 1. The van der Waals surface area contributed by atoms with Crippen LogP contribution < -0.4 is 10.5 Å². The molecular weight excluding hydrogens is 222 g/mol. The van der Waals surface area contributed by atoms with Gasteiger partial charge in [0.2, 0.25) is 0 Å². The van der Waals surface area contributed by atoms with E-state index in [1.54, 1.807) is 0 Å². The summed E-state index contributed by atoms with van der Waals surface area (Å²) in [6.45, 7) is 2.76. The number of hydrogen-bond acceptors (Lipinski definition) is 2. The first-order valence-electron chi connectivity index (χ1n) is 5.86. The number of nitrogens with two attached hydrogens (primary N) is 1. The molecular formula is C13H20ClNO. The minimum atomic E-state index is 0.127. The van der Waals surface area contributed by atoms with Crippen LogP contribution >= 0.6 is 11.6 Å². The molecule has 0 radical (unpaired) electrons. The summed E-state index contributed by atoms with van der Waals surface area (Å²) in [6, 6.07) is 7.49. The van der Waals surface area contributed by atoms with Gasteiger partial charge in [-0.05, 0) is 30.7 Å². The van der Waals surface area contributed by atoms with E-state index in [1.807, 2.05) is 24.3 Å². The van der Waals surface area contributed by atoms with Crippen LogP contribution in [0, 0.1) is 0 Å². The van der Waals surface area contributed by atoms with Crippen LogP contribution in [0.3, 0.4) is 0 Å². The Morgan fingerprint density at radius 2 is 1.94 bits per heavy atom. The van der Waals surface area contributed by atoms with Gasteiger partial charge < -0.3 is 10.5 Å². The smallest absolute Gasteiger partial charge is 0.119 e. The second-order valence-electron chi connectivity index (χ2n) is 4.02. The summed E-state index contributed by atoms with van der Waals surface area (Å²) in [6.07, 6.45) is 4.68. The fourth-order valence-corrected chi connectivity index (χ4v) is 1.60. The molecule has 90 valence electrons. The van der Waals surface area contributed by atoms with E-state index >= 15 is 0 Å². The predicted octanol–water partition coefficient (Wildman–Crippen LogP) is 3.63. The van der Waals surface area contributed by atoms with E-state index in [0.717, 1.165) is 17.2 Å². The van der Waals surface area contributed by atoms with E-state index in [1.165, 1.54) is 19.3 Å². The van der Waals surface area contributed by atoms with E-state index < -0.39 is 0 Å². The number of unbranched alkanes of at least 4 members (excludes halogenated alkanes) is 2. The summed E-state index contributed by atoms with van der Waals surface area (Å²) >= 11 is 5.78. The third kappa shape index (κ3) is 5.38. The average molecular weight is 242 g/mol. The van der Waals surface area contributed by atoms with Crippen molar-refractivity contribution >= 4 is 11.6 Å². The summed E-state index contributed by atoms with van der Waals surface area (Å²) in [5.74, 6) is 0.829. The summed E-state index contributed by atoms with van der Waals surface area (Å²) in [5, 5.41) is 0.722. The Kier molecular flexibility index (Phi) is 6.27. The van der Waals surface area contributed by atoms with Crippen molar-refractivity contribution in [3.8, 4) is 5.75 Å². The molecule has 0 spiro atoms. The molecule has 0 fully saturated rings. The molecule has 0 saturated heterocycles. The van der Waals surface area contributed by atoms with Crippen LogP contribution in [0.15, 0.2) is 24.3 Å². The number of hydrogen-bond donors (Lipinski definition) is 1. The van der Waals surface area contributed by atoms with Crippen molar-refractivity contribution in [3.63, 3.8) is 0 Å². The van der Waals surface area contributed by atoms with Crippen molar-refractivity contribution in [1.82, 2.24) is 0 Å². The molecule has 1 rings (SSSR count). The van der Waals surface area contributed by atoms with Crippen molar-refractivity contribution in [1.29, 1.82) is 0 Å². The lowest BCUT2D eigenvalue weighted by Crippen LogP contribution is -2.27. The molecule has 16 heavy (non-hydrogen) atoms. The maximum Gasteiger partial charge on any atom is 0.119 e. The lowest BCUT2D eigenvalue weighted by molar-refractivity contribution is 0.279. The van der Waals surface area contributed by atoms with Crippen LogP contribution in [-0.2, 0) is 0 Å². The fourth-order valence-electron chi connectivity index (χ4n) is 1.47. The Morgan fingerprint density at radius 1 is 1.25 bits per heavy atom. The second kappa shape index (κ2) is 7.53. The van der Waals surface area contributed by atoms with Crippen LogP contribution in [0.2, 0.25) is 5.02 Å². The summed E-state index contributed by atoms with van der Waals surface area (Å²) in [7, 11) is 0. The molecule has 0 saturated carbocycles. The highest BCUT2D eigenvalue weighted by Gasteiger charge is 2.03. The van der Waals surface area contributed by atoms with E-state index in [9.17, 15) is 0 Å². The van der Waals surface area contributed by atoms with Crippen LogP contribution in [0.5, 0.6) is 5.75 Å². The molecule has 1 aromatic carbocycles. The lowest BCUT2D eigenvalue weighted by Gasteiger charge is -2.12. The highest BCUT2D eigenvalue weighted by molar-refractivity contribution is 6.30. The number of ether oxygens (including phenoxy) is 1. The standard InChI is InChI=1S/C13H20ClNO/c1-2-3-4-5-12(15)10-16-13-8-6-11(14)7-9-13/h6-9,12H,2-5,10,15H2,1H3. The van der Waals surface area contributed by atoms with Crippen LogP contribution in [0.1, 0.15) is 32.6 Å². The normalized spacial score (nSPS) is 12.4. The van der Waals surface area contributed by atoms with E-state index in [2.05, 4.69) is 6.92 Å². The van der Waals surface area contributed by atoms with Gasteiger partial charge in [-0.15, -0.1) is 0 Å². The monoisotopic (exact) mass is 241 g/mol. The molecule has 2 nitrogen and oxygen atoms in total. The molecule has 0 aliphatic carbocycles. The van der Waals surface area contributed by atoms with Gasteiger partial charge in [0.25, 0.3) is 0 Å². The van der Waals surface area contributed by atoms with Crippen molar-refractivity contribution in [3.05, 3.63) is 29.3 Å². The van der Waals surface area contributed by atoms with Gasteiger partial charge in [0.05, 0.1) is 0 Å². The topological polar surface area (TPSA) is 35.2 Å². The van der Waals surface area contributed by atoms with E-state index in [4.69, 9.17) is 22.1 Å². The zero-order valence-electron chi connectivity index (χ0n) is 9.79. The second-order valence-corrected chi connectivity index (χ2v) is 4.46. The zero-order valence-corrected chi connectivity index (χ0v) is 10.5. The van der Waals surface area contributed by atoms with Gasteiger partial charge in [-0.3, -0.25) is 0 Å². The molecule has 0 bridgehead atoms. The Labute approximate surface area is 103 Å². The summed E-state index contributed by atoms with van der Waals surface area (Å²) in [4.78, 5) is 0. The molecule has 0 aliphatic heterocycles. The number of halogens is 1. The Hall–Kier alpha value is -0.730. The molecule has 1 atom stereocenters. The molecule has 0 heterocycles. The van der Waals surface area contributed by atoms with Gasteiger partial charge >= 0.3 is 0 Å². The first kappa shape index (κ1) is 13.3. The molecule has 0 aromatic heterocycles. The fraction of sp³-hybridized carbons (Fsp3) is 0.538. The minimum absolute atomic E-state index is 0.127. The third-order valence-corrected chi connectivity index (χ3v) is 2.71. The molecule has 2 N–H and O–H groups in total. The first-order chi connectivity index (χ1) is 7.72. The quantitative estimate of drug-likeness (QED) is 0.740. The molecule has 1 aromatic rings. The Balaban J connectivity index is 2.20. The predicted molar refractivity (Wildman–Crippen MR) is 69.1 cm³/mol. The van der Waals surface area contributed by atoms with Gasteiger partial charge in [0.1, 0.15) is 12.4 Å². The summed E-state index contributed by atoms with van der Waals surface area (Å²) < 4.78 is 5.57. The van der Waals surface area contributed by atoms with E-state index in [0.29, 0.717) is 6.61 Å². The third-order valence-electron chi connectivity index (χ3n) is 2.46. The van der Waals surface area contributed by atoms with E-state index in [-0.39, 0.29) is 6.04 Å².